The van der Waals surface area contributed by atoms with Crippen LogP contribution in [-0.4, -0.2) is 185 Å². The van der Waals surface area contributed by atoms with E-state index in [4.69, 9.17) is 14.8 Å². The maximum atomic E-state index is 14.8. The molecule has 0 bridgehead atoms. The summed E-state index contributed by atoms with van der Waals surface area (Å²) in [7, 11) is 0. The minimum Gasteiger partial charge on any atom is -0.478 e. The van der Waals surface area contributed by atoms with E-state index in [1.807, 2.05) is 0 Å². The van der Waals surface area contributed by atoms with Crippen molar-refractivity contribution in [1.29, 1.82) is 5.26 Å². The van der Waals surface area contributed by atoms with Gasteiger partial charge in [-0.15, -0.1) is 0 Å². The molecule has 0 radical (unpaired) electrons. The van der Waals surface area contributed by atoms with Gasteiger partial charge in [0.15, 0.2) is 0 Å². The van der Waals surface area contributed by atoms with Crippen molar-refractivity contribution in [2.45, 2.75) is 26.7 Å². The number of imidazole rings is 1. The summed E-state index contributed by atoms with van der Waals surface area (Å²) >= 11 is 0. The number of aryl methyl sites for hydroxylation is 2. The number of hydrogen-bond donors (Lipinski definition) is 12. The van der Waals surface area contributed by atoms with Gasteiger partial charge in [0.1, 0.15) is 12.4 Å². The van der Waals surface area contributed by atoms with E-state index in [1.165, 1.54) is 19.9 Å². The first-order valence-electron chi connectivity index (χ1n) is 20.9. The van der Waals surface area contributed by atoms with Crippen LogP contribution in [0, 0.1) is 18.3 Å². The van der Waals surface area contributed by atoms with Crippen LogP contribution in [0.25, 0.3) is 0 Å². The number of esters is 5. The van der Waals surface area contributed by atoms with Crippen LogP contribution >= 0.6 is 0 Å². The van der Waals surface area contributed by atoms with Gasteiger partial charge in [0.2, 0.25) is 0 Å². The Labute approximate surface area is 445 Å². The summed E-state index contributed by atoms with van der Waals surface area (Å²) < 4.78 is 14.0. The molecule has 0 spiro atoms. The Morgan fingerprint density at radius 2 is 0.610 bits per heavy atom. The minimum absolute atomic E-state index is 0.0879. The Morgan fingerprint density at radius 1 is 0.390 bits per heavy atom. The van der Waals surface area contributed by atoms with Gasteiger partial charge in [-0.25, -0.2) is 91.3 Å². The summed E-state index contributed by atoms with van der Waals surface area (Å²) in [6.45, 7) is 1.31. The van der Waals surface area contributed by atoms with Crippen molar-refractivity contribution >= 4 is 107 Å². The largest absolute Gasteiger partial charge is 0.478 e. The molecule has 3 aromatic carbocycles. The van der Waals surface area contributed by atoms with Crippen molar-refractivity contribution in [2.75, 3.05) is 6.61 Å². The Morgan fingerprint density at radius 3 is 0.854 bits per heavy atom. The summed E-state index contributed by atoms with van der Waals surface area (Å²) in [4.78, 5) is 247. The molecule has 37 nitrogen and oxygen atoms in total. The summed E-state index contributed by atoms with van der Waals surface area (Å²) in [5.74, 6) is -51.8. The number of aromatic nitrogens is 2. The monoisotopic (exact) mass is 1150 g/mol. The van der Waals surface area contributed by atoms with Crippen molar-refractivity contribution in [3.63, 3.8) is 0 Å². The number of nitrogens with zero attached hydrogens (tertiary/aromatic N) is 3. The van der Waals surface area contributed by atoms with E-state index in [2.05, 4.69) is 14.5 Å². The number of carbonyl (C=O) groups is 18. The first-order chi connectivity index (χ1) is 38.0. The topological polar surface area (TPSA) is 629 Å². The lowest BCUT2D eigenvalue weighted by Gasteiger charge is -2.21. The normalized spacial score (nSPS) is 10.5. The third-order valence-corrected chi connectivity index (χ3v) is 10.5. The highest BCUT2D eigenvalue weighted by Crippen LogP contribution is 2.36. The van der Waals surface area contributed by atoms with E-state index in [9.17, 15) is 148 Å². The number of rotatable bonds is 22. The summed E-state index contributed by atoms with van der Waals surface area (Å²) in [5, 5.41) is 130. The Balaban J connectivity index is 2.44. The highest BCUT2D eigenvalue weighted by atomic mass is 16.7. The van der Waals surface area contributed by atoms with E-state index >= 15 is 0 Å². The zero-order valence-electron chi connectivity index (χ0n) is 39.9. The molecule has 424 valence electrons. The molecule has 37 heteroatoms. The zero-order valence-corrected chi connectivity index (χ0v) is 39.9. The first-order valence-corrected chi connectivity index (χ1v) is 20.9. The smallest absolute Gasteiger partial charge is 0.365 e. The molecule has 4 rings (SSSR count). The number of carboxylic acid groups (broad SMARTS) is 12. The van der Waals surface area contributed by atoms with Gasteiger partial charge in [0.05, 0.1) is 125 Å². The fourth-order valence-corrected chi connectivity index (χ4v) is 7.65. The van der Waals surface area contributed by atoms with Crippen LogP contribution in [0.3, 0.4) is 0 Å². The minimum atomic E-state index is -3.16. The molecule has 0 atom stereocenters. The summed E-state index contributed by atoms with van der Waals surface area (Å²) in [5.41, 5.74) is -42.7. The van der Waals surface area contributed by atoms with Gasteiger partial charge >= 0.3 is 107 Å². The van der Waals surface area contributed by atoms with Gasteiger partial charge in [-0.1, -0.05) is 6.92 Å². The number of carboxylic acids is 12. The second-order valence-corrected chi connectivity index (χ2v) is 15.2. The SMILES string of the molecule is CCc1nc(C)cn1OC(=O)c1c(C(=O)OCCC#N)c(C(=O)O)c(C(=O)O)c(C(=O)OC(=O)c2c(C(=O)O)c(C(=O)O)c(C(=O)O)c(C(=O)O)c2C(=O)O)c1C(=O)OC(=O)c1c(C(=O)O)c(C(=O)O)c(C(=O)O)c(C(=O)O)c1C(=O)O. The van der Waals surface area contributed by atoms with Crippen LogP contribution in [0.5, 0.6) is 0 Å². The molecule has 82 heavy (non-hydrogen) atoms. The predicted octanol–water partition coefficient (Wildman–Crippen LogP) is 0.466. The number of nitriles is 1. The molecule has 0 aliphatic carbocycles. The molecule has 0 amide bonds. The molecule has 0 fully saturated rings. The fraction of sp³-hybridized carbons (Fsp3) is 0.111. The van der Waals surface area contributed by atoms with Crippen molar-refractivity contribution in [3.8, 4) is 6.07 Å². The number of benzene rings is 3. The summed E-state index contributed by atoms with van der Waals surface area (Å²) in [6.07, 6.45) is -0.372. The quantitative estimate of drug-likeness (QED) is 0.0220. The number of carbonyl (C=O) groups excluding carboxylic acids is 6. The molecule has 0 saturated carbocycles. The highest BCUT2D eigenvalue weighted by Gasteiger charge is 2.48. The number of hydrogen-bond acceptors (Lipinski definition) is 24. The van der Waals surface area contributed by atoms with E-state index in [0.717, 1.165) is 6.20 Å². The summed E-state index contributed by atoms with van der Waals surface area (Å²) in [6, 6.07) is 1.40. The predicted molar refractivity (Wildman–Crippen MR) is 240 cm³/mol. The Hall–Kier alpha value is -12.8. The molecular formula is C45H25N3O34. The molecule has 0 saturated heterocycles. The zero-order chi connectivity index (χ0) is 62.6. The first kappa shape index (κ1) is 61.8. The number of aromatic carboxylic acids is 12. The van der Waals surface area contributed by atoms with Crippen LogP contribution in [0.1, 0.15) is 211 Å². The molecule has 1 heterocycles. The number of ether oxygens (including phenoxy) is 3. The van der Waals surface area contributed by atoms with Crippen LogP contribution in [-0.2, 0) is 20.6 Å². The molecule has 12 N–H and O–H groups in total. The molecule has 0 aliphatic heterocycles. The highest BCUT2D eigenvalue weighted by molar-refractivity contribution is 6.29. The van der Waals surface area contributed by atoms with Gasteiger partial charge in [-0.3, -0.25) is 0 Å². The standard InChI is InChI=1S/C45H25N3O34/c1-3-9-47-8(2)7-48(9)82-45(78)27-24(40(73)79-6-4-5-46)20(38(69)70)21(39(71)72)25(43(76)80-41(74)22-16(34(61)62)12(30(53)54)10(28(49)50)13(31(55)56)17(22)35(63)64)26(27)44(77)81-42(75)23-18(36(65)66)14(32(57)58)11(29(51)52)15(33(59)60)19(23)37(67)68/h7H,3-4,6H2,1-2H3,(H,49,50)(H,51,52)(H,53,54)(H,55,56)(H,57,58)(H,59,60)(H,61,62)(H,63,64)(H,65,66)(H,67,68)(H,69,70)(H,71,72). The lowest BCUT2D eigenvalue weighted by atomic mass is 9.85. The maximum absolute atomic E-state index is 14.8. The maximum Gasteiger partial charge on any atom is 0.365 e. The van der Waals surface area contributed by atoms with E-state index in [-0.39, 0.29) is 17.9 Å². The lowest BCUT2D eigenvalue weighted by Crippen LogP contribution is -2.34. The second-order valence-electron chi connectivity index (χ2n) is 15.2. The van der Waals surface area contributed by atoms with Crippen molar-refractivity contribution in [1.82, 2.24) is 9.71 Å². The van der Waals surface area contributed by atoms with Gasteiger partial charge in [-0.05, 0) is 6.92 Å². The Kier molecular flexibility index (Phi) is 17.8. The van der Waals surface area contributed by atoms with Gasteiger partial charge in [0.25, 0.3) is 0 Å². The van der Waals surface area contributed by atoms with E-state index < -0.39 is 221 Å². The van der Waals surface area contributed by atoms with Crippen LogP contribution in [0.15, 0.2) is 6.20 Å². The third kappa shape index (κ3) is 11.2. The van der Waals surface area contributed by atoms with E-state index in [0.29, 0.717) is 4.73 Å². The Bertz CT molecular complexity index is 3700. The molecular weight excluding hydrogens is 1130 g/mol. The average Bonchev–Trinajstić information content (AvgIpc) is 3.73. The van der Waals surface area contributed by atoms with Gasteiger partial charge in [-0.2, -0.15) is 9.99 Å². The molecule has 4 aromatic rings. The third-order valence-electron chi connectivity index (χ3n) is 10.5. The fourth-order valence-electron chi connectivity index (χ4n) is 7.65. The van der Waals surface area contributed by atoms with E-state index in [1.54, 1.807) is 0 Å². The van der Waals surface area contributed by atoms with Gasteiger partial charge in [0, 0.05) is 6.42 Å². The van der Waals surface area contributed by atoms with Crippen LogP contribution in [0.4, 0.5) is 0 Å². The van der Waals surface area contributed by atoms with Gasteiger partial charge < -0.3 is 80.3 Å². The molecule has 0 unspecified atom stereocenters. The van der Waals surface area contributed by atoms with Crippen molar-refractivity contribution in [2.24, 2.45) is 0 Å². The molecule has 0 aliphatic rings. The van der Waals surface area contributed by atoms with Crippen LogP contribution in [0.2, 0.25) is 0 Å². The van der Waals surface area contributed by atoms with Crippen molar-refractivity contribution in [3.05, 3.63) is 118 Å². The average molecular weight is 1150 g/mol. The van der Waals surface area contributed by atoms with Crippen molar-refractivity contribution < 1.29 is 167 Å². The lowest BCUT2D eigenvalue weighted by molar-refractivity contribution is 0.0337. The molecule has 1 aromatic heterocycles. The van der Waals surface area contributed by atoms with Crippen LogP contribution < -0.4 is 4.84 Å². The second kappa shape index (κ2) is 23.6.